The van der Waals surface area contributed by atoms with Crippen molar-refractivity contribution in [2.75, 3.05) is 13.2 Å². The van der Waals surface area contributed by atoms with Gasteiger partial charge in [-0.05, 0) is 49.6 Å². The number of carbonyl (C=O) groups excluding carboxylic acids is 2. The molecule has 0 heterocycles. The van der Waals surface area contributed by atoms with E-state index in [0.717, 1.165) is 19.3 Å². The van der Waals surface area contributed by atoms with E-state index in [-0.39, 0.29) is 11.9 Å². The van der Waals surface area contributed by atoms with Crippen molar-refractivity contribution in [1.82, 2.24) is 5.32 Å². The van der Waals surface area contributed by atoms with Gasteiger partial charge in [-0.25, -0.2) is 0 Å². The van der Waals surface area contributed by atoms with Gasteiger partial charge in [-0.3, -0.25) is 9.59 Å². The van der Waals surface area contributed by atoms with E-state index in [1.807, 2.05) is 0 Å². The topological polar surface area (TPSA) is 107 Å². The van der Waals surface area contributed by atoms with Crippen molar-refractivity contribution in [2.24, 2.45) is 17.4 Å². The van der Waals surface area contributed by atoms with Gasteiger partial charge in [0.25, 0.3) is 0 Å². The summed E-state index contributed by atoms with van der Waals surface area (Å²) in [5.74, 6) is 0.511. The van der Waals surface area contributed by atoms with Gasteiger partial charge in [0.05, 0.1) is 13.0 Å². The molecule has 2 unspecified atom stereocenters. The van der Waals surface area contributed by atoms with Crippen molar-refractivity contribution in [3.05, 3.63) is 29.8 Å². The molecule has 0 aliphatic heterocycles. The van der Waals surface area contributed by atoms with Crippen molar-refractivity contribution in [3.63, 3.8) is 0 Å². The molecule has 126 valence electrons. The summed E-state index contributed by atoms with van der Waals surface area (Å²) in [5.41, 5.74) is 11.4. The predicted octanol–water partition coefficient (Wildman–Crippen LogP) is 1.19. The third-order valence-electron chi connectivity index (χ3n) is 4.29. The molecule has 1 aromatic rings. The molecule has 1 saturated carbocycles. The molecule has 6 heteroatoms. The Kier molecular flexibility index (Phi) is 6.40. The number of rotatable bonds is 7. The SMILES string of the molecule is NCC1CCCCC1NC(=O)CCOc1ccc(C(N)=O)cc1. The average Bonchev–Trinajstić information content (AvgIpc) is 2.56. The summed E-state index contributed by atoms with van der Waals surface area (Å²) < 4.78 is 5.52. The monoisotopic (exact) mass is 319 g/mol. The highest BCUT2D eigenvalue weighted by atomic mass is 16.5. The third-order valence-corrected chi connectivity index (χ3v) is 4.29. The van der Waals surface area contributed by atoms with Gasteiger partial charge >= 0.3 is 0 Å². The van der Waals surface area contributed by atoms with Gasteiger partial charge in [-0.2, -0.15) is 0 Å². The second-order valence-electron chi connectivity index (χ2n) is 5.94. The van der Waals surface area contributed by atoms with Crippen LogP contribution in [0.3, 0.4) is 0 Å². The first-order valence-corrected chi connectivity index (χ1v) is 8.12. The van der Waals surface area contributed by atoms with Gasteiger partial charge in [0, 0.05) is 11.6 Å². The highest BCUT2D eigenvalue weighted by Crippen LogP contribution is 2.23. The van der Waals surface area contributed by atoms with E-state index in [4.69, 9.17) is 16.2 Å². The smallest absolute Gasteiger partial charge is 0.248 e. The van der Waals surface area contributed by atoms with Crippen LogP contribution in [-0.2, 0) is 4.79 Å². The number of hydrogen-bond donors (Lipinski definition) is 3. The Hall–Kier alpha value is -2.08. The fourth-order valence-corrected chi connectivity index (χ4v) is 2.94. The maximum Gasteiger partial charge on any atom is 0.248 e. The Morgan fingerprint density at radius 3 is 2.52 bits per heavy atom. The molecule has 0 saturated heterocycles. The van der Waals surface area contributed by atoms with Crippen LogP contribution in [0, 0.1) is 5.92 Å². The van der Waals surface area contributed by atoms with Gasteiger partial charge < -0.3 is 21.5 Å². The van der Waals surface area contributed by atoms with E-state index in [9.17, 15) is 9.59 Å². The molecular weight excluding hydrogens is 294 g/mol. The van der Waals surface area contributed by atoms with E-state index >= 15 is 0 Å². The third kappa shape index (κ3) is 5.25. The first-order chi connectivity index (χ1) is 11.1. The highest BCUT2D eigenvalue weighted by molar-refractivity contribution is 5.92. The lowest BCUT2D eigenvalue weighted by molar-refractivity contribution is -0.122. The minimum atomic E-state index is -0.474. The van der Waals surface area contributed by atoms with E-state index in [0.29, 0.717) is 36.8 Å². The Morgan fingerprint density at radius 2 is 1.87 bits per heavy atom. The molecule has 2 amide bonds. The van der Waals surface area contributed by atoms with Crippen LogP contribution in [0.25, 0.3) is 0 Å². The number of amides is 2. The standard InChI is InChI=1S/C17H25N3O3/c18-11-13-3-1-2-4-15(13)20-16(21)9-10-23-14-7-5-12(6-8-14)17(19)22/h5-8,13,15H,1-4,9-11,18H2,(H2,19,22)(H,20,21). The first kappa shape index (κ1) is 17.3. The van der Waals surface area contributed by atoms with E-state index in [2.05, 4.69) is 5.32 Å². The second kappa shape index (κ2) is 8.53. The maximum atomic E-state index is 12.0. The Balaban J connectivity index is 1.72. The van der Waals surface area contributed by atoms with E-state index in [1.54, 1.807) is 24.3 Å². The maximum absolute atomic E-state index is 12.0. The van der Waals surface area contributed by atoms with Crippen molar-refractivity contribution in [2.45, 2.75) is 38.1 Å². The van der Waals surface area contributed by atoms with Crippen LogP contribution >= 0.6 is 0 Å². The summed E-state index contributed by atoms with van der Waals surface area (Å²) >= 11 is 0. The number of nitrogens with one attached hydrogen (secondary N) is 1. The fourth-order valence-electron chi connectivity index (χ4n) is 2.94. The normalized spacial score (nSPS) is 20.7. The Labute approximate surface area is 136 Å². The largest absolute Gasteiger partial charge is 0.493 e. The number of benzene rings is 1. The van der Waals surface area contributed by atoms with Crippen LogP contribution < -0.4 is 21.5 Å². The van der Waals surface area contributed by atoms with Crippen LogP contribution in [0.2, 0.25) is 0 Å². The number of primary amides is 1. The summed E-state index contributed by atoms with van der Waals surface area (Å²) in [6.07, 6.45) is 4.72. The molecule has 2 rings (SSSR count). The predicted molar refractivity (Wildman–Crippen MR) is 88.0 cm³/mol. The molecule has 1 aliphatic rings. The van der Waals surface area contributed by atoms with Crippen molar-refractivity contribution < 1.29 is 14.3 Å². The summed E-state index contributed by atoms with van der Waals surface area (Å²) in [6, 6.07) is 6.74. The molecule has 2 atom stereocenters. The average molecular weight is 319 g/mol. The summed E-state index contributed by atoms with van der Waals surface area (Å²) in [6.45, 7) is 0.912. The zero-order valence-electron chi connectivity index (χ0n) is 13.3. The van der Waals surface area contributed by atoms with Crippen LogP contribution in [0.4, 0.5) is 0 Å². The van der Waals surface area contributed by atoms with Crippen molar-refractivity contribution in [3.8, 4) is 5.75 Å². The molecule has 0 aromatic heterocycles. The quantitative estimate of drug-likeness (QED) is 0.701. The minimum absolute atomic E-state index is 0.0101. The molecule has 0 spiro atoms. The summed E-state index contributed by atoms with van der Waals surface area (Å²) in [4.78, 5) is 23.0. The van der Waals surface area contributed by atoms with Gasteiger partial charge in [0.15, 0.2) is 0 Å². The lowest BCUT2D eigenvalue weighted by atomic mass is 9.84. The molecule has 0 bridgehead atoms. The number of carbonyl (C=O) groups is 2. The van der Waals surface area contributed by atoms with Crippen LogP contribution in [-0.4, -0.2) is 31.0 Å². The molecule has 1 fully saturated rings. The first-order valence-electron chi connectivity index (χ1n) is 8.12. The second-order valence-corrected chi connectivity index (χ2v) is 5.94. The van der Waals surface area contributed by atoms with Crippen LogP contribution in [0.15, 0.2) is 24.3 Å². The molecule has 5 N–H and O–H groups in total. The van der Waals surface area contributed by atoms with Crippen molar-refractivity contribution in [1.29, 1.82) is 0 Å². The number of nitrogens with two attached hydrogens (primary N) is 2. The lowest BCUT2D eigenvalue weighted by Crippen LogP contribution is -2.45. The number of ether oxygens (including phenoxy) is 1. The van der Waals surface area contributed by atoms with Crippen LogP contribution in [0.1, 0.15) is 42.5 Å². The Morgan fingerprint density at radius 1 is 1.17 bits per heavy atom. The van der Waals surface area contributed by atoms with Gasteiger partial charge in [-0.1, -0.05) is 12.8 Å². The van der Waals surface area contributed by atoms with E-state index in [1.165, 1.54) is 6.42 Å². The molecule has 1 aromatic carbocycles. The Bertz CT molecular complexity index is 530. The minimum Gasteiger partial charge on any atom is -0.493 e. The summed E-state index contributed by atoms with van der Waals surface area (Å²) in [5, 5.41) is 3.07. The lowest BCUT2D eigenvalue weighted by Gasteiger charge is -2.31. The van der Waals surface area contributed by atoms with Gasteiger partial charge in [0.1, 0.15) is 5.75 Å². The van der Waals surface area contributed by atoms with Gasteiger partial charge in [-0.15, -0.1) is 0 Å². The van der Waals surface area contributed by atoms with Gasteiger partial charge in [0.2, 0.25) is 11.8 Å². The zero-order chi connectivity index (χ0) is 16.7. The highest BCUT2D eigenvalue weighted by Gasteiger charge is 2.25. The van der Waals surface area contributed by atoms with Crippen LogP contribution in [0.5, 0.6) is 5.75 Å². The summed E-state index contributed by atoms with van der Waals surface area (Å²) in [7, 11) is 0. The number of hydrogen-bond acceptors (Lipinski definition) is 4. The molecular formula is C17H25N3O3. The van der Waals surface area contributed by atoms with E-state index < -0.39 is 5.91 Å². The molecule has 6 nitrogen and oxygen atoms in total. The molecule has 1 aliphatic carbocycles. The molecule has 0 radical (unpaired) electrons. The zero-order valence-corrected chi connectivity index (χ0v) is 13.3. The fraction of sp³-hybridized carbons (Fsp3) is 0.529. The van der Waals surface area contributed by atoms with Crippen molar-refractivity contribution >= 4 is 11.8 Å². The molecule has 23 heavy (non-hydrogen) atoms.